The lowest BCUT2D eigenvalue weighted by Gasteiger charge is -2.12. The summed E-state index contributed by atoms with van der Waals surface area (Å²) in [6, 6.07) is 0. The standard InChI is InChI=1S/C16H34O8P2/c1-16(15-22-16)13-11-9-7-5-3-2-4-6-8-10-12-14-23-26(20,21)24-25(17,18)19/h2-15H2,1H3,(H,20,21)(H2,17,18,19). The normalized spacial score (nSPS) is 22.3. The summed E-state index contributed by atoms with van der Waals surface area (Å²) in [7, 11) is -9.69. The van der Waals surface area contributed by atoms with Crippen molar-refractivity contribution in [3.63, 3.8) is 0 Å². The fourth-order valence-electron chi connectivity index (χ4n) is 2.80. The van der Waals surface area contributed by atoms with Gasteiger partial charge < -0.3 is 19.4 Å². The molecular weight excluding hydrogens is 382 g/mol. The third-order valence-corrected chi connectivity index (χ3v) is 6.64. The van der Waals surface area contributed by atoms with Crippen molar-refractivity contribution in [3.05, 3.63) is 0 Å². The Morgan fingerprint density at radius 2 is 1.27 bits per heavy atom. The molecule has 0 bridgehead atoms. The van der Waals surface area contributed by atoms with Crippen LogP contribution in [0.1, 0.15) is 84.0 Å². The first-order valence-electron chi connectivity index (χ1n) is 9.50. The first-order valence-corrected chi connectivity index (χ1v) is 12.5. The van der Waals surface area contributed by atoms with Crippen LogP contribution in [0.4, 0.5) is 0 Å². The summed E-state index contributed by atoms with van der Waals surface area (Å²) in [5.74, 6) is 0. The third kappa shape index (κ3) is 14.3. The van der Waals surface area contributed by atoms with E-state index in [1.165, 1.54) is 51.4 Å². The number of epoxide rings is 1. The van der Waals surface area contributed by atoms with Crippen molar-refractivity contribution in [2.24, 2.45) is 0 Å². The Morgan fingerprint density at radius 3 is 1.69 bits per heavy atom. The fourth-order valence-corrected chi connectivity index (χ4v) is 4.42. The molecule has 0 aromatic heterocycles. The van der Waals surface area contributed by atoms with Crippen molar-refractivity contribution in [1.82, 2.24) is 0 Å². The summed E-state index contributed by atoms with van der Waals surface area (Å²) in [4.78, 5) is 26.0. The number of hydrogen-bond donors (Lipinski definition) is 3. The third-order valence-electron chi connectivity index (χ3n) is 4.45. The summed E-state index contributed by atoms with van der Waals surface area (Å²) in [5, 5.41) is 0. The minimum Gasteiger partial charge on any atom is -0.370 e. The molecule has 1 aliphatic heterocycles. The van der Waals surface area contributed by atoms with Crippen LogP contribution in [0.25, 0.3) is 0 Å². The molecule has 2 unspecified atom stereocenters. The maximum absolute atomic E-state index is 11.2. The number of phosphoric ester groups is 1. The first kappa shape index (κ1) is 24.3. The molecule has 0 aromatic carbocycles. The zero-order valence-electron chi connectivity index (χ0n) is 15.7. The number of phosphoric acid groups is 2. The summed E-state index contributed by atoms with van der Waals surface area (Å²) in [5.41, 5.74) is 0.200. The molecule has 1 fully saturated rings. The lowest BCUT2D eigenvalue weighted by molar-refractivity contribution is 0.175. The molecule has 1 saturated heterocycles. The van der Waals surface area contributed by atoms with Gasteiger partial charge in [0, 0.05) is 0 Å². The van der Waals surface area contributed by atoms with E-state index < -0.39 is 15.6 Å². The van der Waals surface area contributed by atoms with Gasteiger partial charge in [0.25, 0.3) is 0 Å². The molecule has 26 heavy (non-hydrogen) atoms. The predicted octanol–water partition coefficient (Wildman–Crippen LogP) is 4.68. The quantitative estimate of drug-likeness (QED) is 0.177. The maximum atomic E-state index is 11.2. The molecule has 0 radical (unpaired) electrons. The Kier molecular flexibility index (Phi) is 11.1. The monoisotopic (exact) mass is 416 g/mol. The first-order chi connectivity index (χ1) is 12.1. The van der Waals surface area contributed by atoms with E-state index >= 15 is 0 Å². The second-order valence-electron chi connectivity index (χ2n) is 7.25. The fraction of sp³-hybridized carbons (Fsp3) is 1.00. The largest absolute Gasteiger partial charge is 0.481 e. The van der Waals surface area contributed by atoms with Gasteiger partial charge in [-0.25, -0.2) is 9.13 Å². The van der Waals surface area contributed by atoms with Crippen molar-refractivity contribution in [2.45, 2.75) is 89.6 Å². The Balaban J connectivity index is 1.79. The van der Waals surface area contributed by atoms with E-state index in [2.05, 4.69) is 15.8 Å². The molecule has 1 aliphatic rings. The Hall–Kier alpha value is 0.220. The lowest BCUT2D eigenvalue weighted by Crippen LogP contribution is -2.02. The van der Waals surface area contributed by atoms with Gasteiger partial charge in [0.2, 0.25) is 0 Å². The molecule has 156 valence electrons. The molecule has 0 spiro atoms. The van der Waals surface area contributed by atoms with Gasteiger partial charge in [-0.3, -0.25) is 4.52 Å². The smallest absolute Gasteiger partial charge is 0.370 e. The molecule has 8 nitrogen and oxygen atoms in total. The molecule has 1 rings (SSSR count). The minimum atomic E-state index is -5.02. The maximum Gasteiger partial charge on any atom is 0.481 e. The second-order valence-corrected chi connectivity index (χ2v) is 10.1. The number of ether oxygens (including phenoxy) is 1. The molecule has 0 amide bonds. The van der Waals surface area contributed by atoms with Gasteiger partial charge >= 0.3 is 15.6 Å². The number of rotatable bonds is 17. The Bertz CT molecular complexity index is 475. The molecule has 0 aliphatic carbocycles. The highest BCUT2D eigenvalue weighted by atomic mass is 31.3. The van der Waals surface area contributed by atoms with Gasteiger partial charge in [-0.2, -0.15) is 4.31 Å². The predicted molar refractivity (Wildman–Crippen MR) is 98.7 cm³/mol. The molecule has 3 N–H and O–H groups in total. The molecule has 1 heterocycles. The van der Waals surface area contributed by atoms with Crippen molar-refractivity contribution < 1.29 is 37.4 Å². The van der Waals surface area contributed by atoms with E-state index in [1.54, 1.807) is 0 Å². The number of unbranched alkanes of at least 4 members (excludes halogenated alkanes) is 10. The molecular formula is C16H34O8P2. The van der Waals surface area contributed by atoms with Crippen molar-refractivity contribution in [2.75, 3.05) is 13.2 Å². The van der Waals surface area contributed by atoms with Crippen LogP contribution in [-0.2, 0) is 22.7 Å². The van der Waals surface area contributed by atoms with Crippen LogP contribution in [0.2, 0.25) is 0 Å². The lowest BCUT2D eigenvalue weighted by atomic mass is 10.0. The highest BCUT2D eigenvalue weighted by Gasteiger charge is 2.37. The van der Waals surface area contributed by atoms with Crippen LogP contribution < -0.4 is 0 Å². The summed E-state index contributed by atoms with van der Waals surface area (Å²) in [6.45, 7) is 3.05. The zero-order valence-corrected chi connectivity index (χ0v) is 17.5. The van der Waals surface area contributed by atoms with Gasteiger partial charge in [0.15, 0.2) is 0 Å². The molecule has 10 heteroatoms. The SMILES string of the molecule is CC1(CCCCCCCCCCCCCOP(=O)(O)OP(=O)(O)O)CO1. The van der Waals surface area contributed by atoms with Gasteiger partial charge in [0.1, 0.15) is 0 Å². The summed E-state index contributed by atoms with van der Waals surface area (Å²) >= 11 is 0. The van der Waals surface area contributed by atoms with Crippen molar-refractivity contribution >= 4 is 15.6 Å². The molecule has 0 aromatic rings. The van der Waals surface area contributed by atoms with Crippen LogP contribution in [-0.4, -0.2) is 33.5 Å². The summed E-state index contributed by atoms with van der Waals surface area (Å²) in [6.07, 6.45) is 13.5. The van der Waals surface area contributed by atoms with Crippen LogP contribution in [0.5, 0.6) is 0 Å². The average Bonchev–Trinajstić information content (AvgIpc) is 3.23. The van der Waals surface area contributed by atoms with Crippen molar-refractivity contribution in [1.29, 1.82) is 0 Å². The highest BCUT2D eigenvalue weighted by molar-refractivity contribution is 7.60. The highest BCUT2D eigenvalue weighted by Crippen LogP contribution is 2.57. The molecule has 2 atom stereocenters. The van der Waals surface area contributed by atoms with Crippen LogP contribution in [0, 0.1) is 0 Å². The van der Waals surface area contributed by atoms with E-state index in [1.807, 2.05) is 0 Å². The van der Waals surface area contributed by atoms with E-state index in [0.29, 0.717) is 6.42 Å². The van der Waals surface area contributed by atoms with Crippen molar-refractivity contribution in [3.8, 4) is 0 Å². The van der Waals surface area contributed by atoms with Crippen LogP contribution >= 0.6 is 15.6 Å². The summed E-state index contributed by atoms with van der Waals surface area (Å²) < 4.78 is 35.3. The van der Waals surface area contributed by atoms with Crippen LogP contribution in [0.3, 0.4) is 0 Å². The molecule has 0 saturated carbocycles. The second kappa shape index (κ2) is 11.9. The Morgan fingerprint density at radius 1 is 0.846 bits per heavy atom. The van der Waals surface area contributed by atoms with E-state index in [0.717, 1.165) is 25.9 Å². The average molecular weight is 416 g/mol. The van der Waals surface area contributed by atoms with E-state index in [9.17, 15) is 9.13 Å². The Labute approximate surface area is 156 Å². The minimum absolute atomic E-state index is 0.0577. The van der Waals surface area contributed by atoms with E-state index in [-0.39, 0.29) is 12.2 Å². The van der Waals surface area contributed by atoms with Crippen LogP contribution in [0.15, 0.2) is 0 Å². The zero-order chi connectivity index (χ0) is 19.5. The van der Waals surface area contributed by atoms with Gasteiger partial charge in [-0.05, 0) is 19.8 Å². The van der Waals surface area contributed by atoms with Gasteiger partial charge in [-0.1, -0.05) is 64.2 Å². The van der Waals surface area contributed by atoms with Gasteiger partial charge in [0.05, 0.1) is 18.8 Å². The topological polar surface area (TPSA) is 126 Å². The van der Waals surface area contributed by atoms with Gasteiger partial charge in [-0.15, -0.1) is 0 Å². The van der Waals surface area contributed by atoms with E-state index in [4.69, 9.17) is 19.4 Å². The number of hydrogen-bond acceptors (Lipinski definition) is 5.